The highest BCUT2D eigenvalue weighted by molar-refractivity contribution is 7.98. The minimum absolute atomic E-state index is 0.0452. The smallest absolute Gasteiger partial charge is 0.229 e. The van der Waals surface area contributed by atoms with Gasteiger partial charge in [-0.15, -0.1) is 0 Å². The van der Waals surface area contributed by atoms with Crippen molar-refractivity contribution in [2.45, 2.75) is 18.0 Å². The van der Waals surface area contributed by atoms with Crippen molar-refractivity contribution in [1.29, 1.82) is 0 Å². The number of hydrogen-bond acceptors (Lipinski definition) is 5. The molecule has 80 valence electrons. The summed E-state index contributed by atoms with van der Waals surface area (Å²) in [7, 11) is 0. The van der Waals surface area contributed by atoms with Crippen LogP contribution in [0.1, 0.15) is 12.8 Å². The zero-order valence-corrected chi connectivity index (χ0v) is 9.90. The van der Waals surface area contributed by atoms with Crippen LogP contribution in [0.2, 0.25) is 0 Å². The first-order chi connectivity index (χ1) is 7.29. The van der Waals surface area contributed by atoms with Gasteiger partial charge in [-0.3, -0.25) is 4.79 Å². The number of anilines is 1. The Morgan fingerprint density at radius 3 is 2.93 bits per heavy atom. The molecule has 0 unspecified atom stereocenters. The van der Waals surface area contributed by atoms with Gasteiger partial charge in [0.25, 0.3) is 0 Å². The fraction of sp³-hybridized carbons (Fsp3) is 0.444. The van der Waals surface area contributed by atoms with Crippen LogP contribution >= 0.6 is 23.3 Å². The van der Waals surface area contributed by atoms with Crippen LogP contribution in [0.25, 0.3) is 0 Å². The van der Waals surface area contributed by atoms with E-state index in [-0.39, 0.29) is 11.8 Å². The number of carbonyl (C=O) groups is 1. The van der Waals surface area contributed by atoms with Crippen molar-refractivity contribution in [1.82, 2.24) is 9.36 Å². The fourth-order valence-corrected chi connectivity index (χ4v) is 2.51. The molecule has 0 saturated heterocycles. The van der Waals surface area contributed by atoms with Gasteiger partial charge in [-0.2, -0.15) is 9.36 Å². The average Bonchev–Trinajstić information content (AvgIpc) is 2.87. The Balaban J connectivity index is 1.93. The number of amides is 1. The molecule has 1 aromatic heterocycles. The monoisotopic (exact) mass is 241 g/mol. The molecule has 0 aromatic carbocycles. The van der Waals surface area contributed by atoms with Crippen LogP contribution in [0.15, 0.2) is 17.3 Å². The van der Waals surface area contributed by atoms with Gasteiger partial charge < -0.3 is 5.32 Å². The minimum atomic E-state index is 0.0452. The maximum atomic E-state index is 11.7. The molecule has 0 aliphatic heterocycles. The summed E-state index contributed by atoms with van der Waals surface area (Å²) >= 11 is 2.70. The number of thioether (sulfide) groups is 1. The Kier molecular flexibility index (Phi) is 3.37. The molecule has 15 heavy (non-hydrogen) atoms. The normalized spacial score (nSPS) is 15.8. The van der Waals surface area contributed by atoms with E-state index < -0.39 is 0 Å². The molecule has 0 fully saturated rings. The lowest BCUT2D eigenvalue weighted by Gasteiger charge is -2.06. The van der Waals surface area contributed by atoms with Crippen molar-refractivity contribution in [3.05, 3.63) is 12.2 Å². The second-order valence-electron chi connectivity index (χ2n) is 3.22. The van der Waals surface area contributed by atoms with Crippen LogP contribution in [0.4, 0.5) is 5.13 Å². The molecule has 2 rings (SSSR count). The second-order valence-corrected chi connectivity index (χ2v) is 4.74. The molecule has 0 saturated carbocycles. The van der Waals surface area contributed by atoms with Gasteiger partial charge in [0.2, 0.25) is 16.2 Å². The van der Waals surface area contributed by atoms with Gasteiger partial charge in [-0.05, 0) is 19.1 Å². The predicted molar refractivity (Wildman–Crippen MR) is 62.2 cm³/mol. The van der Waals surface area contributed by atoms with E-state index in [9.17, 15) is 4.79 Å². The third kappa shape index (κ3) is 2.57. The summed E-state index contributed by atoms with van der Waals surface area (Å²) in [6.07, 6.45) is 7.66. The van der Waals surface area contributed by atoms with Crippen LogP contribution in [0.3, 0.4) is 0 Å². The zero-order valence-electron chi connectivity index (χ0n) is 8.27. The van der Waals surface area contributed by atoms with Crippen LogP contribution in [0.5, 0.6) is 0 Å². The van der Waals surface area contributed by atoms with Gasteiger partial charge in [-0.1, -0.05) is 23.9 Å². The lowest BCUT2D eigenvalue weighted by Crippen LogP contribution is -2.20. The Labute approximate surface area is 96.3 Å². The van der Waals surface area contributed by atoms with Crippen LogP contribution in [0, 0.1) is 5.92 Å². The third-order valence-corrected chi connectivity index (χ3v) is 3.49. The van der Waals surface area contributed by atoms with Crippen molar-refractivity contribution >= 4 is 34.3 Å². The van der Waals surface area contributed by atoms with Crippen LogP contribution in [-0.2, 0) is 4.79 Å². The van der Waals surface area contributed by atoms with E-state index in [1.54, 1.807) is 0 Å². The third-order valence-electron chi connectivity index (χ3n) is 2.20. The maximum Gasteiger partial charge on any atom is 0.229 e. The quantitative estimate of drug-likeness (QED) is 0.651. The van der Waals surface area contributed by atoms with Crippen LogP contribution in [-0.4, -0.2) is 21.5 Å². The van der Waals surface area contributed by atoms with Gasteiger partial charge >= 0.3 is 0 Å². The molecular formula is C9H11N3OS2. The first-order valence-corrected chi connectivity index (χ1v) is 6.63. The lowest BCUT2D eigenvalue weighted by molar-refractivity contribution is -0.119. The summed E-state index contributed by atoms with van der Waals surface area (Å²) < 4.78 is 4.08. The lowest BCUT2D eigenvalue weighted by atomic mass is 10.1. The van der Waals surface area contributed by atoms with Crippen molar-refractivity contribution < 1.29 is 4.79 Å². The molecule has 1 aliphatic rings. The first kappa shape index (κ1) is 10.6. The van der Waals surface area contributed by atoms with Gasteiger partial charge in [-0.25, -0.2) is 0 Å². The van der Waals surface area contributed by atoms with Crippen molar-refractivity contribution in [3.8, 4) is 0 Å². The molecule has 6 heteroatoms. The van der Waals surface area contributed by atoms with Crippen molar-refractivity contribution in [2.75, 3.05) is 11.6 Å². The van der Waals surface area contributed by atoms with Crippen molar-refractivity contribution in [2.24, 2.45) is 5.92 Å². The van der Waals surface area contributed by atoms with Crippen molar-refractivity contribution in [3.63, 3.8) is 0 Å². The summed E-state index contributed by atoms with van der Waals surface area (Å²) in [5.41, 5.74) is 0. The summed E-state index contributed by atoms with van der Waals surface area (Å²) in [5, 5.41) is 4.09. The Bertz CT molecular complexity index is 380. The van der Waals surface area contributed by atoms with E-state index in [0.29, 0.717) is 10.3 Å². The summed E-state index contributed by atoms with van der Waals surface area (Å²) in [4.78, 5) is 15.9. The minimum Gasteiger partial charge on any atom is -0.300 e. The molecule has 0 spiro atoms. The number of hydrogen-bond donors (Lipinski definition) is 1. The SMILES string of the molecule is CSc1nsc(NC(=O)C2CC=CC2)n1. The van der Waals surface area contributed by atoms with Gasteiger partial charge in [0.15, 0.2) is 0 Å². The molecule has 0 atom stereocenters. The second kappa shape index (κ2) is 4.76. The molecule has 1 amide bonds. The number of nitrogens with zero attached hydrogens (tertiary/aromatic N) is 2. The predicted octanol–water partition coefficient (Wildman–Crippen LogP) is 2.16. The molecular weight excluding hydrogens is 230 g/mol. The molecule has 1 aliphatic carbocycles. The largest absolute Gasteiger partial charge is 0.300 e. The summed E-state index contributed by atoms with van der Waals surface area (Å²) in [6.45, 7) is 0. The van der Waals surface area contributed by atoms with E-state index in [0.717, 1.165) is 12.8 Å². The highest BCUT2D eigenvalue weighted by Gasteiger charge is 2.20. The summed E-state index contributed by atoms with van der Waals surface area (Å²) in [5.74, 6) is 0.121. The van der Waals surface area contributed by atoms with E-state index in [1.807, 2.05) is 18.4 Å². The van der Waals surface area contributed by atoms with E-state index in [1.165, 1.54) is 23.3 Å². The van der Waals surface area contributed by atoms with E-state index in [4.69, 9.17) is 0 Å². The van der Waals surface area contributed by atoms with Gasteiger partial charge in [0.1, 0.15) is 0 Å². The Morgan fingerprint density at radius 1 is 1.60 bits per heavy atom. The van der Waals surface area contributed by atoms with Gasteiger partial charge in [0, 0.05) is 17.5 Å². The molecule has 0 bridgehead atoms. The van der Waals surface area contributed by atoms with E-state index in [2.05, 4.69) is 14.7 Å². The molecule has 1 heterocycles. The van der Waals surface area contributed by atoms with Crippen LogP contribution < -0.4 is 5.32 Å². The molecule has 1 aromatic rings. The summed E-state index contributed by atoms with van der Waals surface area (Å²) in [6, 6.07) is 0. The Morgan fingerprint density at radius 2 is 2.33 bits per heavy atom. The molecule has 1 N–H and O–H groups in total. The zero-order chi connectivity index (χ0) is 10.7. The number of allylic oxidation sites excluding steroid dienone is 2. The Hall–Kier alpha value is -0.880. The standard InChI is InChI=1S/C9H11N3OS2/c1-14-9-11-8(15-12-9)10-7(13)6-4-2-3-5-6/h2-3,6H,4-5H2,1H3,(H,10,11,12,13). The average molecular weight is 241 g/mol. The van der Waals surface area contributed by atoms with Gasteiger partial charge in [0.05, 0.1) is 0 Å². The molecule has 4 nitrogen and oxygen atoms in total. The van der Waals surface area contributed by atoms with E-state index >= 15 is 0 Å². The number of carbonyl (C=O) groups excluding carboxylic acids is 1. The number of rotatable bonds is 3. The first-order valence-electron chi connectivity index (χ1n) is 4.63. The maximum absolute atomic E-state index is 11.7. The highest BCUT2D eigenvalue weighted by atomic mass is 32.2. The topological polar surface area (TPSA) is 54.9 Å². The number of aromatic nitrogens is 2. The fourth-order valence-electron chi connectivity index (χ4n) is 1.38. The highest BCUT2D eigenvalue weighted by Crippen LogP contribution is 2.22. The number of nitrogens with one attached hydrogen (secondary N) is 1. The molecule has 0 radical (unpaired) electrons.